The summed E-state index contributed by atoms with van der Waals surface area (Å²) >= 11 is 0. The predicted molar refractivity (Wildman–Crippen MR) is 121 cm³/mol. The van der Waals surface area contributed by atoms with Crippen LogP contribution in [0.15, 0.2) is 36.7 Å². The van der Waals surface area contributed by atoms with Gasteiger partial charge in [0.2, 0.25) is 0 Å². The Morgan fingerprint density at radius 2 is 1.97 bits per heavy atom. The molecule has 0 unspecified atom stereocenters. The molecule has 2 aliphatic rings. The number of unbranched alkanes of at least 4 members (excludes halogenated alkanes) is 1. The van der Waals surface area contributed by atoms with E-state index < -0.39 is 0 Å². The highest BCUT2D eigenvalue weighted by atomic mass is 16.6. The Hall–Kier alpha value is -3.24. The Morgan fingerprint density at radius 3 is 2.81 bits per heavy atom. The van der Waals surface area contributed by atoms with E-state index in [4.69, 9.17) is 19.5 Å². The van der Waals surface area contributed by atoms with Crippen molar-refractivity contribution >= 4 is 11.0 Å². The number of aryl methyl sites for hydroxylation is 1. The number of piperidine rings is 1. The number of aromatic amines is 1. The summed E-state index contributed by atoms with van der Waals surface area (Å²) < 4.78 is 17.4. The molecule has 0 aliphatic carbocycles. The second kappa shape index (κ2) is 9.49. The largest absolute Gasteiger partial charge is 0.490 e. The van der Waals surface area contributed by atoms with Crippen molar-refractivity contribution in [1.29, 1.82) is 5.26 Å². The number of hydrogen-bond donors (Lipinski definition) is 1. The normalized spacial score (nSPS) is 16.7. The first-order chi connectivity index (χ1) is 15.8. The molecule has 0 atom stereocenters. The number of aromatic nitrogens is 2. The molecule has 0 amide bonds. The van der Waals surface area contributed by atoms with Crippen molar-refractivity contribution in [3.63, 3.8) is 0 Å². The maximum Gasteiger partial charge on any atom is 0.165 e. The number of likely N-dealkylation sites (tertiary alicyclic amines) is 1. The predicted octanol–water partition coefficient (Wildman–Crippen LogP) is 4.07. The van der Waals surface area contributed by atoms with E-state index in [2.05, 4.69) is 20.9 Å². The molecule has 0 radical (unpaired) electrons. The number of H-pyrrole nitrogens is 1. The Balaban J connectivity index is 1.05. The molecule has 2 aliphatic heterocycles. The van der Waals surface area contributed by atoms with Crippen molar-refractivity contribution in [1.82, 2.24) is 14.9 Å². The van der Waals surface area contributed by atoms with Crippen LogP contribution in [0.3, 0.4) is 0 Å². The SMILES string of the molecule is N#Cc1cnc2[nH]cc(CCCCN3CCC(Oc4ccc5c(c4)OCCO5)CC3)c2c1. The summed E-state index contributed by atoms with van der Waals surface area (Å²) in [5.41, 5.74) is 2.72. The molecule has 4 heterocycles. The zero-order valence-electron chi connectivity index (χ0n) is 18.2. The van der Waals surface area contributed by atoms with Gasteiger partial charge in [0.1, 0.15) is 36.8 Å². The van der Waals surface area contributed by atoms with E-state index in [1.54, 1.807) is 6.20 Å². The molecule has 0 spiro atoms. The van der Waals surface area contributed by atoms with Crippen LogP contribution in [0.4, 0.5) is 0 Å². The van der Waals surface area contributed by atoms with Crippen LogP contribution >= 0.6 is 0 Å². The van der Waals surface area contributed by atoms with Crippen molar-refractivity contribution < 1.29 is 14.2 Å². The summed E-state index contributed by atoms with van der Waals surface area (Å²) in [6.07, 6.45) is 9.26. The molecule has 1 aromatic carbocycles. The molecule has 7 nitrogen and oxygen atoms in total. The highest BCUT2D eigenvalue weighted by Crippen LogP contribution is 2.34. The van der Waals surface area contributed by atoms with Crippen molar-refractivity contribution in [3.05, 3.63) is 47.8 Å². The van der Waals surface area contributed by atoms with Gasteiger partial charge in [-0.25, -0.2) is 4.98 Å². The van der Waals surface area contributed by atoms with Gasteiger partial charge in [0, 0.05) is 36.9 Å². The summed E-state index contributed by atoms with van der Waals surface area (Å²) in [7, 11) is 0. The average Bonchev–Trinajstić information content (AvgIpc) is 3.25. The molecule has 7 heteroatoms. The summed E-state index contributed by atoms with van der Waals surface area (Å²) in [5, 5.41) is 10.2. The topological polar surface area (TPSA) is 83.4 Å². The average molecular weight is 433 g/mol. The lowest BCUT2D eigenvalue weighted by Crippen LogP contribution is -2.38. The number of hydrogen-bond acceptors (Lipinski definition) is 6. The van der Waals surface area contributed by atoms with Gasteiger partial charge < -0.3 is 24.1 Å². The maximum atomic E-state index is 9.11. The number of fused-ring (bicyclic) bond motifs is 2. The molecule has 166 valence electrons. The van der Waals surface area contributed by atoms with Gasteiger partial charge in [0.25, 0.3) is 0 Å². The fraction of sp³-hybridized carbons (Fsp3) is 0.440. The summed E-state index contributed by atoms with van der Waals surface area (Å²) in [6.45, 7) is 4.44. The van der Waals surface area contributed by atoms with Gasteiger partial charge in [-0.05, 0) is 62.4 Å². The van der Waals surface area contributed by atoms with Crippen molar-refractivity contribution in [2.45, 2.75) is 38.2 Å². The molecule has 3 aromatic rings. The Labute approximate surface area is 187 Å². The van der Waals surface area contributed by atoms with Crippen LogP contribution in [0, 0.1) is 11.3 Å². The van der Waals surface area contributed by atoms with Crippen LogP contribution in [0.2, 0.25) is 0 Å². The van der Waals surface area contributed by atoms with Gasteiger partial charge in [0.15, 0.2) is 11.5 Å². The third-order valence-electron chi connectivity index (χ3n) is 6.27. The van der Waals surface area contributed by atoms with Crippen LogP contribution in [0.5, 0.6) is 17.2 Å². The van der Waals surface area contributed by atoms with Crippen molar-refractivity contribution in [3.8, 4) is 23.3 Å². The van der Waals surface area contributed by atoms with E-state index >= 15 is 0 Å². The minimum atomic E-state index is 0.252. The van der Waals surface area contributed by atoms with E-state index in [1.165, 1.54) is 5.56 Å². The third kappa shape index (κ3) is 4.66. The Bertz CT molecular complexity index is 1110. The number of nitrogens with one attached hydrogen (secondary N) is 1. The fourth-order valence-electron chi connectivity index (χ4n) is 4.52. The minimum Gasteiger partial charge on any atom is -0.490 e. The van der Waals surface area contributed by atoms with Gasteiger partial charge >= 0.3 is 0 Å². The monoisotopic (exact) mass is 432 g/mol. The van der Waals surface area contributed by atoms with E-state index in [0.29, 0.717) is 18.8 Å². The van der Waals surface area contributed by atoms with Gasteiger partial charge in [-0.2, -0.15) is 5.26 Å². The van der Waals surface area contributed by atoms with Crippen LogP contribution in [0.1, 0.15) is 36.8 Å². The van der Waals surface area contributed by atoms with E-state index in [9.17, 15) is 0 Å². The van der Waals surface area contributed by atoms with Crippen molar-refractivity contribution in [2.75, 3.05) is 32.8 Å². The first-order valence-corrected chi connectivity index (χ1v) is 11.4. The number of benzene rings is 1. The molecular formula is C25H28N4O3. The molecule has 1 saturated heterocycles. The summed E-state index contributed by atoms with van der Waals surface area (Å²) in [5.74, 6) is 2.44. The number of pyridine rings is 1. The van der Waals surface area contributed by atoms with E-state index in [1.807, 2.05) is 30.5 Å². The standard InChI is InChI=1S/C25H28N4O3/c26-15-18-13-22-19(17-28-25(22)27-16-18)3-1-2-8-29-9-6-20(7-10-29)32-21-4-5-23-24(14-21)31-12-11-30-23/h4-5,13-14,16-17,20H,1-3,6-12H2,(H,27,28). The number of nitriles is 1. The first kappa shape index (κ1) is 20.7. The van der Waals surface area contributed by atoms with Crippen LogP contribution < -0.4 is 14.2 Å². The van der Waals surface area contributed by atoms with Gasteiger partial charge in [-0.1, -0.05) is 0 Å². The fourth-order valence-corrected chi connectivity index (χ4v) is 4.52. The molecule has 1 fully saturated rings. The molecule has 1 N–H and O–H groups in total. The second-order valence-corrected chi connectivity index (χ2v) is 8.47. The molecule has 2 aromatic heterocycles. The summed E-state index contributed by atoms with van der Waals surface area (Å²) in [6, 6.07) is 9.96. The maximum absolute atomic E-state index is 9.11. The summed E-state index contributed by atoms with van der Waals surface area (Å²) in [4.78, 5) is 10.1. The zero-order chi connectivity index (χ0) is 21.8. The van der Waals surface area contributed by atoms with Crippen LogP contribution in [-0.2, 0) is 6.42 Å². The van der Waals surface area contributed by atoms with E-state index in [0.717, 1.165) is 80.0 Å². The quantitative estimate of drug-likeness (QED) is 0.567. The second-order valence-electron chi connectivity index (χ2n) is 8.47. The lowest BCUT2D eigenvalue weighted by Gasteiger charge is -2.32. The molecule has 5 rings (SSSR count). The molecule has 0 saturated carbocycles. The number of rotatable bonds is 7. The molecular weight excluding hydrogens is 404 g/mol. The van der Waals surface area contributed by atoms with Crippen molar-refractivity contribution in [2.24, 2.45) is 0 Å². The van der Waals surface area contributed by atoms with Crippen LogP contribution in [-0.4, -0.2) is 53.8 Å². The molecule has 0 bridgehead atoms. The smallest absolute Gasteiger partial charge is 0.165 e. The Morgan fingerprint density at radius 1 is 1.12 bits per heavy atom. The number of ether oxygens (including phenoxy) is 3. The van der Waals surface area contributed by atoms with Gasteiger partial charge in [-0.15, -0.1) is 0 Å². The molecule has 32 heavy (non-hydrogen) atoms. The minimum absolute atomic E-state index is 0.252. The van der Waals surface area contributed by atoms with Crippen LogP contribution in [0.25, 0.3) is 11.0 Å². The lowest BCUT2D eigenvalue weighted by atomic mass is 10.1. The van der Waals surface area contributed by atoms with Gasteiger partial charge in [-0.3, -0.25) is 0 Å². The highest BCUT2D eigenvalue weighted by Gasteiger charge is 2.21. The van der Waals surface area contributed by atoms with Gasteiger partial charge in [0.05, 0.1) is 5.56 Å². The first-order valence-electron chi connectivity index (χ1n) is 11.4. The zero-order valence-corrected chi connectivity index (χ0v) is 18.2. The Kier molecular flexibility index (Phi) is 6.13. The third-order valence-corrected chi connectivity index (χ3v) is 6.27. The highest BCUT2D eigenvalue weighted by molar-refractivity contribution is 5.80. The van der Waals surface area contributed by atoms with E-state index in [-0.39, 0.29) is 6.10 Å². The lowest BCUT2D eigenvalue weighted by molar-refractivity contribution is 0.0986. The number of nitrogens with zero attached hydrogens (tertiary/aromatic N) is 3.